The maximum atomic E-state index is 11.4. The minimum Gasteiger partial charge on any atom is -0.351 e. The Hall–Kier alpha value is -0.610. The van der Waals surface area contributed by atoms with Gasteiger partial charge in [0.1, 0.15) is 4.88 Å². The van der Waals surface area contributed by atoms with Crippen LogP contribution in [0.1, 0.15) is 23.0 Å². The van der Waals surface area contributed by atoms with Crippen LogP contribution in [0.15, 0.2) is 11.7 Å². The van der Waals surface area contributed by atoms with E-state index >= 15 is 0 Å². The molecule has 0 saturated carbocycles. The number of thiazole rings is 1. The van der Waals surface area contributed by atoms with Crippen molar-refractivity contribution in [3.63, 3.8) is 0 Å². The largest absolute Gasteiger partial charge is 0.351 e. The molecular formula is C9H13ClN2OS. The standard InChI is InChI=1S/C9H13ClN2OS/c1-7(2-3-10)4-12-9(13)8-5-11-6-14-8/h5-7H,2-4H2,1H3,(H,12,13). The Kier molecular flexibility index (Phi) is 4.90. The van der Waals surface area contributed by atoms with Gasteiger partial charge in [-0.25, -0.2) is 0 Å². The van der Waals surface area contributed by atoms with E-state index in [1.54, 1.807) is 11.7 Å². The average Bonchev–Trinajstić information content (AvgIpc) is 2.67. The van der Waals surface area contributed by atoms with Gasteiger partial charge in [0, 0.05) is 12.4 Å². The van der Waals surface area contributed by atoms with Gasteiger partial charge < -0.3 is 5.32 Å². The minimum atomic E-state index is -0.0473. The van der Waals surface area contributed by atoms with Crippen LogP contribution in [-0.4, -0.2) is 23.3 Å². The Bertz CT molecular complexity index is 276. The predicted molar refractivity (Wildman–Crippen MR) is 58.9 cm³/mol. The lowest BCUT2D eigenvalue weighted by Crippen LogP contribution is -2.27. The SMILES string of the molecule is CC(CCCl)CNC(=O)c1cncs1. The number of nitrogens with zero attached hydrogens (tertiary/aromatic N) is 1. The molecular weight excluding hydrogens is 220 g/mol. The van der Waals surface area contributed by atoms with Gasteiger partial charge in [-0.3, -0.25) is 9.78 Å². The van der Waals surface area contributed by atoms with Crippen LogP contribution in [0.5, 0.6) is 0 Å². The zero-order valence-corrected chi connectivity index (χ0v) is 9.57. The van der Waals surface area contributed by atoms with Crippen LogP contribution in [0, 0.1) is 5.92 Å². The van der Waals surface area contributed by atoms with Crippen molar-refractivity contribution in [3.05, 3.63) is 16.6 Å². The summed E-state index contributed by atoms with van der Waals surface area (Å²) in [4.78, 5) is 15.9. The van der Waals surface area contributed by atoms with E-state index in [9.17, 15) is 4.79 Å². The summed E-state index contributed by atoms with van der Waals surface area (Å²) in [6.45, 7) is 2.73. The summed E-state index contributed by atoms with van der Waals surface area (Å²) >= 11 is 6.94. The monoisotopic (exact) mass is 232 g/mol. The number of halogens is 1. The van der Waals surface area contributed by atoms with Crippen molar-refractivity contribution in [2.24, 2.45) is 5.92 Å². The molecule has 1 unspecified atom stereocenters. The Morgan fingerprint density at radius 2 is 2.57 bits per heavy atom. The molecule has 1 amide bonds. The van der Waals surface area contributed by atoms with Crippen LogP contribution >= 0.6 is 22.9 Å². The molecule has 1 aromatic heterocycles. The van der Waals surface area contributed by atoms with Crippen molar-refractivity contribution < 1.29 is 4.79 Å². The number of amides is 1. The van der Waals surface area contributed by atoms with E-state index in [4.69, 9.17) is 11.6 Å². The van der Waals surface area contributed by atoms with E-state index in [1.807, 2.05) is 0 Å². The summed E-state index contributed by atoms with van der Waals surface area (Å²) in [5.41, 5.74) is 1.65. The molecule has 1 atom stereocenters. The highest BCUT2D eigenvalue weighted by Gasteiger charge is 2.08. The van der Waals surface area contributed by atoms with E-state index in [2.05, 4.69) is 17.2 Å². The quantitative estimate of drug-likeness (QED) is 0.791. The van der Waals surface area contributed by atoms with Crippen molar-refractivity contribution in [1.82, 2.24) is 10.3 Å². The van der Waals surface area contributed by atoms with Crippen LogP contribution < -0.4 is 5.32 Å². The number of carbonyl (C=O) groups excluding carboxylic acids is 1. The highest BCUT2D eigenvalue weighted by molar-refractivity contribution is 7.11. The van der Waals surface area contributed by atoms with Gasteiger partial charge in [-0.2, -0.15) is 0 Å². The molecule has 0 aliphatic carbocycles. The molecule has 14 heavy (non-hydrogen) atoms. The molecule has 3 nitrogen and oxygen atoms in total. The number of hydrogen-bond donors (Lipinski definition) is 1. The molecule has 0 aromatic carbocycles. The van der Waals surface area contributed by atoms with Crippen molar-refractivity contribution in [1.29, 1.82) is 0 Å². The van der Waals surface area contributed by atoms with Crippen molar-refractivity contribution in [2.45, 2.75) is 13.3 Å². The lowest BCUT2D eigenvalue weighted by Gasteiger charge is -2.09. The van der Waals surface area contributed by atoms with E-state index in [0.29, 0.717) is 23.2 Å². The third-order valence-electron chi connectivity index (χ3n) is 1.87. The van der Waals surface area contributed by atoms with Gasteiger partial charge in [0.05, 0.1) is 11.7 Å². The fourth-order valence-electron chi connectivity index (χ4n) is 0.970. The topological polar surface area (TPSA) is 42.0 Å². The summed E-state index contributed by atoms with van der Waals surface area (Å²) in [6, 6.07) is 0. The van der Waals surface area contributed by atoms with Crippen LogP contribution in [0.2, 0.25) is 0 Å². The molecule has 1 heterocycles. The van der Waals surface area contributed by atoms with Gasteiger partial charge >= 0.3 is 0 Å². The first kappa shape index (κ1) is 11.5. The molecule has 1 rings (SSSR count). The molecule has 0 aliphatic rings. The number of nitrogens with one attached hydrogen (secondary N) is 1. The predicted octanol–water partition coefficient (Wildman–Crippen LogP) is 2.14. The fraction of sp³-hybridized carbons (Fsp3) is 0.556. The third kappa shape index (κ3) is 3.64. The number of rotatable bonds is 5. The summed E-state index contributed by atoms with van der Waals surface area (Å²) < 4.78 is 0. The van der Waals surface area contributed by atoms with E-state index in [1.165, 1.54) is 11.3 Å². The zero-order chi connectivity index (χ0) is 10.4. The summed E-state index contributed by atoms with van der Waals surface area (Å²) in [6.07, 6.45) is 2.50. The van der Waals surface area contributed by atoms with E-state index < -0.39 is 0 Å². The lowest BCUT2D eigenvalue weighted by molar-refractivity contribution is 0.0951. The van der Waals surface area contributed by atoms with Gasteiger partial charge in [0.2, 0.25) is 0 Å². The molecule has 0 fully saturated rings. The first-order valence-electron chi connectivity index (χ1n) is 4.46. The molecule has 5 heteroatoms. The Labute approximate surface area is 92.5 Å². The van der Waals surface area contributed by atoms with Gasteiger partial charge in [0.15, 0.2) is 0 Å². The van der Waals surface area contributed by atoms with Crippen LogP contribution in [0.4, 0.5) is 0 Å². The van der Waals surface area contributed by atoms with Crippen LogP contribution in [0.25, 0.3) is 0 Å². The Morgan fingerprint density at radius 1 is 1.79 bits per heavy atom. The molecule has 0 aliphatic heterocycles. The van der Waals surface area contributed by atoms with Crippen LogP contribution in [0.3, 0.4) is 0 Å². The Morgan fingerprint density at radius 3 is 3.14 bits per heavy atom. The normalized spacial score (nSPS) is 12.4. The summed E-state index contributed by atoms with van der Waals surface area (Å²) in [7, 11) is 0. The smallest absolute Gasteiger partial charge is 0.263 e. The van der Waals surface area contributed by atoms with Crippen molar-refractivity contribution in [2.75, 3.05) is 12.4 Å². The Balaban J connectivity index is 2.28. The second kappa shape index (κ2) is 5.98. The molecule has 1 aromatic rings. The number of carbonyl (C=O) groups is 1. The van der Waals surface area contributed by atoms with Gasteiger partial charge in [-0.1, -0.05) is 6.92 Å². The molecule has 1 N–H and O–H groups in total. The summed E-state index contributed by atoms with van der Waals surface area (Å²) in [5, 5.41) is 2.84. The average molecular weight is 233 g/mol. The molecule has 78 valence electrons. The number of alkyl halides is 1. The fourth-order valence-corrected chi connectivity index (χ4v) is 1.88. The lowest BCUT2D eigenvalue weighted by atomic mass is 10.1. The molecule has 0 saturated heterocycles. The molecule has 0 bridgehead atoms. The molecule has 0 spiro atoms. The van der Waals surface area contributed by atoms with E-state index in [0.717, 1.165) is 6.42 Å². The first-order chi connectivity index (χ1) is 6.74. The molecule has 0 radical (unpaired) electrons. The number of aromatic nitrogens is 1. The van der Waals surface area contributed by atoms with E-state index in [-0.39, 0.29) is 5.91 Å². The second-order valence-corrected chi connectivity index (χ2v) is 4.42. The zero-order valence-electron chi connectivity index (χ0n) is 8.00. The maximum Gasteiger partial charge on any atom is 0.263 e. The van der Waals surface area contributed by atoms with Crippen molar-refractivity contribution in [3.8, 4) is 0 Å². The highest BCUT2D eigenvalue weighted by atomic mass is 35.5. The van der Waals surface area contributed by atoms with Gasteiger partial charge in [0.25, 0.3) is 5.91 Å². The van der Waals surface area contributed by atoms with Crippen LogP contribution in [-0.2, 0) is 0 Å². The number of hydrogen-bond acceptors (Lipinski definition) is 3. The minimum absolute atomic E-state index is 0.0473. The van der Waals surface area contributed by atoms with Gasteiger partial charge in [-0.05, 0) is 12.3 Å². The third-order valence-corrected chi connectivity index (χ3v) is 2.86. The van der Waals surface area contributed by atoms with Gasteiger partial charge in [-0.15, -0.1) is 22.9 Å². The highest BCUT2D eigenvalue weighted by Crippen LogP contribution is 2.06. The summed E-state index contributed by atoms with van der Waals surface area (Å²) in [5.74, 6) is 1.01. The first-order valence-corrected chi connectivity index (χ1v) is 5.88. The maximum absolute atomic E-state index is 11.4. The second-order valence-electron chi connectivity index (χ2n) is 3.16. The van der Waals surface area contributed by atoms with Crippen molar-refractivity contribution >= 4 is 28.8 Å².